The Kier molecular flexibility index (Phi) is 6.79. The van der Waals surface area contributed by atoms with Crippen LogP contribution in [0.4, 0.5) is 0 Å². The smallest absolute Gasteiger partial charge is 0.255 e. The molecule has 2 amide bonds. The average Bonchev–Trinajstić information content (AvgIpc) is 3.08. The zero-order chi connectivity index (χ0) is 19.3. The highest BCUT2D eigenvalue weighted by atomic mass is 32.2. The monoisotopic (exact) mass is 387 g/mol. The summed E-state index contributed by atoms with van der Waals surface area (Å²) in [6, 6.07) is 0.681. The molecule has 2 rings (SSSR count). The molecule has 2 N–H and O–H groups in total. The number of nitrogens with zero attached hydrogens (tertiary/aromatic N) is 1. The lowest BCUT2D eigenvalue weighted by Crippen LogP contribution is -2.50. The molecule has 26 heavy (non-hydrogen) atoms. The van der Waals surface area contributed by atoms with Gasteiger partial charge in [0.05, 0.1) is 29.8 Å². The Morgan fingerprint density at radius 1 is 1.31 bits per heavy atom. The number of sulfonamides is 1. The maximum Gasteiger partial charge on any atom is 0.255 e. The quantitative estimate of drug-likeness (QED) is 0.677. The molecule has 1 aliphatic heterocycles. The van der Waals surface area contributed by atoms with Gasteiger partial charge in [0.1, 0.15) is 12.3 Å². The summed E-state index contributed by atoms with van der Waals surface area (Å²) in [5.74, 6) is -1.10. The molecule has 3 atom stereocenters. The van der Waals surface area contributed by atoms with Gasteiger partial charge in [-0.3, -0.25) is 9.59 Å². The average molecular weight is 387 g/mol. The zero-order valence-corrected chi connectivity index (χ0v) is 15.9. The number of ether oxygens (including phenoxy) is 1. The molecule has 0 radical (unpaired) electrons. The number of amides is 2. The second kappa shape index (κ2) is 8.65. The van der Waals surface area contributed by atoms with Gasteiger partial charge in [-0.15, -0.1) is 0 Å². The first kappa shape index (κ1) is 20.4. The molecule has 0 bridgehead atoms. The van der Waals surface area contributed by atoms with Crippen molar-refractivity contribution >= 4 is 21.8 Å². The number of hydrogen-bond acceptors (Lipinski definition) is 6. The normalized spacial score (nSPS) is 22.6. The summed E-state index contributed by atoms with van der Waals surface area (Å²) < 4.78 is 36.5. The maximum absolute atomic E-state index is 12.4. The van der Waals surface area contributed by atoms with Crippen molar-refractivity contribution in [2.45, 2.75) is 39.0 Å². The fraction of sp³-hybridized carbons (Fsp3) is 0.625. The van der Waals surface area contributed by atoms with Crippen LogP contribution in [-0.4, -0.2) is 68.2 Å². The summed E-state index contributed by atoms with van der Waals surface area (Å²) in [4.78, 5) is 23.9. The summed E-state index contributed by atoms with van der Waals surface area (Å²) in [5.41, 5.74) is 0.308. The first-order valence-corrected chi connectivity index (χ1v) is 10.0. The van der Waals surface area contributed by atoms with Gasteiger partial charge in [0.15, 0.2) is 0 Å². The van der Waals surface area contributed by atoms with E-state index in [4.69, 9.17) is 9.15 Å². The molecule has 10 heteroatoms. The van der Waals surface area contributed by atoms with Crippen molar-refractivity contribution in [3.05, 3.63) is 24.2 Å². The van der Waals surface area contributed by atoms with Crippen LogP contribution < -0.4 is 10.6 Å². The van der Waals surface area contributed by atoms with Gasteiger partial charge in [-0.2, -0.15) is 4.31 Å². The van der Waals surface area contributed by atoms with Crippen LogP contribution in [0.5, 0.6) is 0 Å². The second-order valence-corrected chi connectivity index (χ2v) is 8.48. The molecule has 1 saturated heterocycles. The predicted molar refractivity (Wildman–Crippen MR) is 94.0 cm³/mol. The number of carbonyl (C=O) groups is 2. The number of rotatable bonds is 7. The molecule has 0 unspecified atom stereocenters. The van der Waals surface area contributed by atoms with E-state index in [9.17, 15) is 18.0 Å². The number of morpholine rings is 1. The van der Waals surface area contributed by atoms with Gasteiger partial charge in [0, 0.05) is 19.6 Å². The summed E-state index contributed by atoms with van der Waals surface area (Å²) in [6.07, 6.45) is 2.30. The maximum atomic E-state index is 12.4. The van der Waals surface area contributed by atoms with Crippen molar-refractivity contribution in [2.24, 2.45) is 0 Å². The van der Waals surface area contributed by atoms with Crippen molar-refractivity contribution in [1.82, 2.24) is 14.9 Å². The van der Waals surface area contributed by atoms with Crippen molar-refractivity contribution < 1.29 is 27.2 Å². The molecule has 0 aliphatic carbocycles. The van der Waals surface area contributed by atoms with Gasteiger partial charge in [-0.1, -0.05) is 0 Å². The SMILES string of the molecule is C[C@@H]1CN(S(=O)(=O)CCNC(=O)[C@H](C)NC(=O)c2ccoc2)C[C@@H](C)O1. The van der Waals surface area contributed by atoms with Crippen LogP contribution in [0.15, 0.2) is 23.0 Å². The van der Waals surface area contributed by atoms with Crippen LogP contribution in [0.2, 0.25) is 0 Å². The molecule has 0 saturated carbocycles. The molecule has 0 aromatic carbocycles. The minimum atomic E-state index is -3.49. The van der Waals surface area contributed by atoms with Crippen LogP contribution >= 0.6 is 0 Å². The number of nitrogens with one attached hydrogen (secondary N) is 2. The standard InChI is InChI=1S/C16H25N3O6S/c1-11-8-19(9-12(2)25-11)26(22,23)7-5-17-15(20)13(3)18-16(21)14-4-6-24-10-14/h4,6,10-13H,5,7-9H2,1-3H3,(H,17,20)(H,18,21)/t11-,12-,13+/m1/s1. The van der Waals surface area contributed by atoms with E-state index >= 15 is 0 Å². The van der Waals surface area contributed by atoms with E-state index in [0.717, 1.165) is 0 Å². The molecular weight excluding hydrogens is 362 g/mol. The predicted octanol–water partition coefficient (Wildman–Crippen LogP) is -0.0469. The Bertz CT molecular complexity index is 708. The summed E-state index contributed by atoms with van der Waals surface area (Å²) in [5, 5.41) is 5.05. The Morgan fingerprint density at radius 3 is 2.54 bits per heavy atom. The van der Waals surface area contributed by atoms with Crippen molar-refractivity contribution in [3.8, 4) is 0 Å². The second-order valence-electron chi connectivity index (χ2n) is 6.39. The van der Waals surface area contributed by atoms with Gasteiger partial charge in [0.25, 0.3) is 5.91 Å². The van der Waals surface area contributed by atoms with Crippen molar-refractivity contribution in [3.63, 3.8) is 0 Å². The largest absolute Gasteiger partial charge is 0.472 e. The van der Waals surface area contributed by atoms with Crippen LogP contribution in [-0.2, 0) is 19.6 Å². The van der Waals surface area contributed by atoms with Crippen LogP contribution in [0, 0.1) is 0 Å². The topological polar surface area (TPSA) is 118 Å². The third-order valence-corrected chi connectivity index (χ3v) is 5.77. The zero-order valence-electron chi connectivity index (χ0n) is 15.1. The van der Waals surface area contributed by atoms with E-state index in [1.54, 1.807) is 0 Å². The number of hydrogen-bond donors (Lipinski definition) is 2. The highest BCUT2D eigenvalue weighted by Crippen LogP contribution is 2.14. The van der Waals surface area contributed by atoms with E-state index in [1.807, 2.05) is 13.8 Å². The van der Waals surface area contributed by atoms with Gasteiger partial charge in [-0.25, -0.2) is 8.42 Å². The van der Waals surface area contributed by atoms with Gasteiger partial charge in [0.2, 0.25) is 15.9 Å². The Labute approximate surface area is 153 Å². The van der Waals surface area contributed by atoms with Crippen molar-refractivity contribution in [2.75, 3.05) is 25.4 Å². The lowest BCUT2D eigenvalue weighted by atomic mass is 10.2. The van der Waals surface area contributed by atoms with E-state index < -0.39 is 27.9 Å². The molecule has 2 heterocycles. The third-order valence-electron chi connectivity index (χ3n) is 3.96. The Morgan fingerprint density at radius 2 is 1.96 bits per heavy atom. The molecule has 1 aromatic rings. The first-order chi connectivity index (χ1) is 12.2. The lowest BCUT2D eigenvalue weighted by molar-refractivity contribution is -0.122. The minimum absolute atomic E-state index is 0.0345. The van der Waals surface area contributed by atoms with Crippen LogP contribution in [0.3, 0.4) is 0 Å². The molecule has 0 spiro atoms. The highest BCUT2D eigenvalue weighted by molar-refractivity contribution is 7.89. The van der Waals surface area contributed by atoms with E-state index in [1.165, 1.54) is 29.8 Å². The first-order valence-electron chi connectivity index (χ1n) is 8.43. The molecule has 1 aromatic heterocycles. The Balaban J connectivity index is 1.78. The summed E-state index contributed by atoms with van der Waals surface area (Å²) >= 11 is 0. The minimum Gasteiger partial charge on any atom is -0.472 e. The number of carbonyl (C=O) groups excluding carboxylic acids is 2. The van der Waals surface area contributed by atoms with E-state index in [2.05, 4.69) is 10.6 Å². The Hall–Kier alpha value is -1.91. The fourth-order valence-electron chi connectivity index (χ4n) is 2.68. The van der Waals surface area contributed by atoms with Crippen LogP contribution in [0.1, 0.15) is 31.1 Å². The van der Waals surface area contributed by atoms with E-state index in [0.29, 0.717) is 18.7 Å². The molecular formula is C16H25N3O6S. The molecule has 1 fully saturated rings. The van der Waals surface area contributed by atoms with Crippen molar-refractivity contribution in [1.29, 1.82) is 0 Å². The van der Waals surface area contributed by atoms with Gasteiger partial charge in [-0.05, 0) is 26.8 Å². The summed E-state index contributed by atoms with van der Waals surface area (Å²) in [7, 11) is -3.49. The fourth-order valence-corrected chi connectivity index (χ4v) is 4.17. The third kappa shape index (κ3) is 5.55. The molecule has 146 valence electrons. The van der Waals surface area contributed by atoms with Crippen LogP contribution in [0.25, 0.3) is 0 Å². The number of furan rings is 1. The van der Waals surface area contributed by atoms with Gasteiger partial charge < -0.3 is 19.8 Å². The molecule has 1 aliphatic rings. The van der Waals surface area contributed by atoms with Gasteiger partial charge >= 0.3 is 0 Å². The summed E-state index contributed by atoms with van der Waals surface area (Å²) in [6.45, 7) is 5.74. The lowest BCUT2D eigenvalue weighted by Gasteiger charge is -2.34. The van der Waals surface area contributed by atoms with E-state index in [-0.39, 0.29) is 24.5 Å². The highest BCUT2D eigenvalue weighted by Gasteiger charge is 2.30. The molecule has 9 nitrogen and oxygen atoms in total.